The van der Waals surface area contributed by atoms with Gasteiger partial charge in [-0.25, -0.2) is 21.9 Å². The zero-order valence-electron chi connectivity index (χ0n) is 15.4. The maximum Gasteiger partial charge on any atom is 0.286 e. The first-order valence-electron chi connectivity index (χ1n) is 8.31. The van der Waals surface area contributed by atoms with E-state index in [-0.39, 0.29) is 27.1 Å². The van der Waals surface area contributed by atoms with Crippen LogP contribution in [0.1, 0.15) is 25.9 Å². The molecule has 7 nitrogen and oxygen atoms in total. The first kappa shape index (κ1) is 21.0. The standard InChI is InChI=1S/C18H16F2N4O3S2/c1-10-3-5-13(7-11(10)2)29(26,27)21-9-16-23-24-18(28-16)17(25)22-15-6-4-12(19)8-14(15)20/h3-8,21H,9H2,1-2H3,(H,22,25). The Labute approximate surface area is 169 Å². The van der Waals surface area contributed by atoms with E-state index in [1.807, 2.05) is 13.8 Å². The molecule has 11 heteroatoms. The summed E-state index contributed by atoms with van der Waals surface area (Å²) in [5, 5.41) is 9.88. The number of benzene rings is 2. The fourth-order valence-electron chi connectivity index (χ4n) is 2.30. The van der Waals surface area contributed by atoms with Crippen LogP contribution in [0, 0.1) is 25.5 Å². The van der Waals surface area contributed by atoms with Crippen LogP contribution in [0.5, 0.6) is 0 Å². The Bertz CT molecular complexity index is 1180. The van der Waals surface area contributed by atoms with Crippen molar-refractivity contribution in [3.63, 3.8) is 0 Å². The van der Waals surface area contributed by atoms with E-state index in [2.05, 4.69) is 20.2 Å². The molecule has 0 spiro atoms. The number of hydrogen-bond acceptors (Lipinski definition) is 6. The number of rotatable bonds is 6. The summed E-state index contributed by atoms with van der Waals surface area (Å²) in [6.45, 7) is 3.53. The van der Waals surface area contributed by atoms with E-state index in [1.54, 1.807) is 12.1 Å². The molecular formula is C18H16F2N4O3S2. The Kier molecular flexibility index (Phi) is 6.01. The van der Waals surface area contributed by atoms with Gasteiger partial charge in [0.25, 0.3) is 5.91 Å². The number of nitrogens with zero attached hydrogens (tertiary/aromatic N) is 2. The molecule has 1 amide bonds. The van der Waals surface area contributed by atoms with Crippen LogP contribution in [-0.4, -0.2) is 24.5 Å². The van der Waals surface area contributed by atoms with Gasteiger partial charge in [-0.1, -0.05) is 17.4 Å². The van der Waals surface area contributed by atoms with Gasteiger partial charge in [-0.05, 0) is 49.2 Å². The van der Waals surface area contributed by atoms with Crippen molar-refractivity contribution in [3.05, 3.63) is 69.2 Å². The SMILES string of the molecule is Cc1ccc(S(=O)(=O)NCc2nnc(C(=O)Nc3ccc(F)cc3F)s2)cc1C. The Hall–Kier alpha value is -2.76. The van der Waals surface area contributed by atoms with Crippen molar-refractivity contribution in [2.24, 2.45) is 0 Å². The van der Waals surface area contributed by atoms with E-state index >= 15 is 0 Å². The highest BCUT2D eigenvalue weighted by molar-refractivity contribution is 7.89. The van der Waals surface area contributed by atoms with E-state index < -0.39 is 27.6 Å². The quantitative estimate of drug-likeness (QED) is 0.616. The molecular weight excluding hydrogens is 422 g/mol. The molecule has 152 valence electrons. The third kappa shape index (κ3) is 5.00. The van der Waals surface area contributed by atoms with Crippen molar-refractivity contribution < 1.29 is 22.0 Å². The fraction of sp³-hybridized carbons (Fsp3) is 0.167. The summed E-state index contributed by atoms with van der Waals surface area (Å²) in [6.07, 6.45) is 0. The first-order chi connectivity index (χ1) is 13.7. The molecule has 0 saturated heterocycles. The molecule has 0 radical (unpaired) electrons. The highest BCUT2D eigenvalue weighted by Gasteiger charge is 2.18. The summed E-state index contributed by atoms with van der Waals surface area (Å²) in [5.74, 6) is -2.43. The van der Waals surface area contributed by atoms with E-state index in [0.717, 1.165) is 34.6 Å². The number of amides is 1. The third-order valence-corrected chi connectivity index (χ3v) is 6.36. The highest BCUT2D eigenvalue weighted by Crippen LogP contribution is 2.19. The number of anilines is 1. The Balaban J connectivity index is 1.66. The Morgan fingerprint density at radius 2 is 1.83 bits per heavy atom. The zero-order valence-corrected chi connectivity index (χ0v) is 17.0. The molecule has 3 rings (SSSR count). The molecule has 0 saturated carbocycles. The number of carbonyl (C=O) groups excluding carboxylic acids is 1. The lowest BCUT2D eigenvalue weighted by Crippen LogP contribution is -2.23. The normalized spacial score (nSPS) is 11.4. The van der Waals surface area contributed by atoms with Crippen LogP contribution in [0.15, 0.2) is 41.3 Å². The number of hydrogen-bond donors (Lipinski definition) is 2. The van der Waals surface area contributed by atoms with Crippen LogP contribution in [0.4, 0.5) is 14.5 Å². The van der Waals surface area contributed by atoms with Crippen molar-refractivity contribution in [1.29, 1.82) is 0 Å². The summed E-state index contributed by atoms with van der Waals surface area (Å²) in [7, 11) is -3.76. The van der Waals surface area contributed by atoms with Crippen LogP contribution >= 0.6 is 11.3 Å². The average molecular weight is 438 g/mol. The molecule has 0 aliphatic rings. The van der Waals surface area contributed by atoms with Gasteiger partial charge < -0.3 is 5.32 Å². The lowest BCUT2D eigenvalue weighted by Gasteiger charge is -2.07. The van der Waals surface area contributed by atoms with Gasteiger partial charge in [-0.2, -0.15) is 0 Å². The molecule has 3 aromatic rings. The molecule has 0 aliphatic carbocycles. The van der Waals surface area contributed by atoms with Crippen LogP contribution in [-0.2, 0) is 16.6 Å². The van der Waals surface area contributed by atoms with Crippen molar-refractivity contribution in [1.82, 2.24) is 14.9 Å². The van der Waals surface area contributed by atoms with E-state index in [0.29, 0.717) is 6.07 Å². The van der Waals surface area contributed by atoms with Gasteiger partial charge in [-0.15, -0.1) is 10.2 Å². The van der Waals surface area contributed by atoms with E-state index in [9.17, 15) is 22.0 Å². The molecule has 0 atom stereocenters. The molecule has 2 aromatic carbocycles. The number of sulfonamides is 1. The van der Waals surface area contributed by atoms with Crippen LogP contribution in [0.3, 0.4) is 0 Å². The predicted octanol–water partition coefficient (Wildman–Crippen LogP) is 3.16. The summed E-state index contributed by atoms with van der Waals surface area (Å²) < 4.78 is 53.8. The van der Waals surface area contributed by atoms with Crippen LogP contribution in [0.25, 0.3) is 0 Å². The number of aryl methyl sites for hydroxylation is 2. The molecule has 0 unspecified atom stereocenters. The molecule has 2 N–H and O–H groups in total. The summed E-state index contributed by atoms with van der Waals surface area (Å²) in [4.78, 5) is 12.3. The second-order valence-electron chi connectivity index (χ2n) is 6.15. The molecule has 0 fully saturated rings. The van der Waals surface area contributed by atoms with Crippen molar-refractivity contribution in [2.75, 3.05) is 5.32 Å². The fourth-order valence-corrected chi connectivity index (χ4v) is 4.14. The smallest absolute Gasteiger partial charge is 0.286 e. The van der Waals surface area contributed by atoms with Gasteiger partial charge in [0.2, 0.25) is 15.0 Å². The molecule has 0 aliphatic heterocycles. The van der Waals surface area contributed by atoms with Gasteiger partial charge in [-0.3, -0.25) is 4.79 Å². The molecule has 29 heavy (non-hydrogen) atoms. The van der Waals surface area contributed by atoms with E-state index in [4.69, 9.17) is 0 Å². The predicted molar refractivity (Wildman–Crippen MR) is 104 cm³/mol. The van der Waals surface area contributed by atoms with Gasteiger partial charge >= 0.3 is 0 Å². The average Bonchev–Trinajstić information content (AvgIpc) is 3.14. The van der Waals surface area contributed by atoms with Crippen molar-refractivity contribution >= 4 is 33.0 Å². The highest BCUT2D eigenvalue weighted by atomic mass is 32.2. The van der Waals surface area contributed by atoms with Gasteiger partial charge in [0, 0.05) is 6.07 Å². The Morgan fingerprint density at radius 3 is 2.52 bits per heavy atom. The molecule has 1 aromatic heterocycles. The van der Waals surface area contributed by atoms with Crippen LogP contribution < -0.4 is 10.0 Å². The minimum atomic E-state index is -3.76. The summed E-state index contributed by atoms with van der Waals surface area (Å²) in [6, 6.07) is 7.51. The minimum Gasteiger partial charge on any atom is -0.317 e. The van der Waals surface area contributed by atoms with Crippen LogP contribution in [0.2, 0.25) is 0 Å². The maximum atomic E-state index is 13.6. The Morgan fingerprint density at radius 1 is 1.07 bits per heavy atom. The van der Waals surface area contributed by atoms with Gasteiger partial charge in [0.05, 0.1) is 17.1 Å². The minimum absolute atomic E-state index is 0.0888. The second-order valence-corrected chi connectivity index (χ2v) is 8.98. The summed E-state index contributed by atoms with van der Waals surface area (Å²) in [5.41, 5.74) is 1.61. The maximum absolute atomic E-state index is 13.6. The second kappa shape index (κ2) is 8.31. The van der Waals surface area contributed by atoms with Crippen molar-refractivity contribution in [2.45, 2.75) is 25.3 Å². The molecule has 1 heterocycles. The number of aromatic nitrogens is 2. The largest absolute Gasteiger partial charge is 0.317 e. The monoisotopic (exact) mass is 438 g/mol. The lowest BCUT2D eigenvalue weighted by molar-refractivity contribution is 0.102. The number of halogens is 2. The molecule has 0 bridgehead atoms. The lowest BCUT2D eigenvalue weighted by atomic mass is 10.1. The van der Waals surface area contributed by atoms with E-state index in [1.165, 1.54) is 6.07 Å². The third-order valence-electron chi connectivity index (χ3n) is 4.04. The zero-order chi connectivity index (χ0) is 21.2. The first-order valence-corrected chi connectivity index (χ1v) is 10.6. The number of nitrogens with one attached hydrogen (secondary N) is 2. The summed E-state index contributed by atoms with van der Waals surface area (Å²) >= 11 is 0.853. The van der Waals surface area contributed by atoms with Gasteiger partial charge in [0.15, 0.2) is 0 Å². The van der Waals surface area contributed by atoms with Crippen molar-refractivity contribution in [3.8, 4) is 0 Å². The van der Waals surface area contributed by atoms with Gasteiger partial charge in [0.1, 0.15) is 16.6 Å². The number of carbonyl (C=O) groups is 1. The topological polar surface area (TPSA) is 101 Å².